The maximum Gasteiger partial charge on any atom is 0.342 e. The second kappa shape index (κ2) is 7.61. The van der Waals surface area contributed by atoms with Crippen LogP contribution in [0.2, 0.25) is 5.02 Å². The average molecular weight is 348 g/mol. The lowest BCUT2D eigenvalue weighted by Gasteiger charge is -2.12. The molecule has 2 aromatic rings. The van der Waals surface area contributed by atoms with Gasteiger partial charge in [0.05, 0.1) is 22.1 Å². The number of halogens is 1. The summed E-state index contributed by atoms with van der Waals surface area (Å²) in [7, 11) is 0. The van der Waals surface area contributed by atoms with Crippen LogP contribution in [-0.4, -0.2) is 22.6 Å². The molecule has 0 amide bonds. The number of benzene rings is 2. The number of nitro benzene ring substituents is 1. The first-order chi connectivity index (χ1) is 11.5. The van der Waals surface area contributed by atoms with Crippen molar-refractivity contribution in [2.75, 3.05) is 6.61 Å². The lowest BCUT2D eigenvalue weighted by atomic mass is 9.99. The number of carbonyl (C=O) groups excluding carboxylic acids is 1. The Bertz CT molecular complexity index is 816. The van der Waals surface area contributed by atoms with E-state index in [1.807, 2.05) is 0 Å². The molecule has 0 aliphatic rings. The molecule has 0 aliphatic carbocycles. The van der Waals surface area contributed by atoms with Gasteiger partial charge in [0.1, 0.15) is 11.3 Å². The van der Waals surface area contributed by atoms with E-state index in [9.17, 15) is 20.0 Å². The van der Waals surface area contributed by atoms with Crippen molar-refractivity contribution < 1.29 is 19.6 Å². The highest BCUT2D eigenvalue weighted by Gasteiger charge is 2.27. The molecule has 0 aliphatic heterocycles. The number of para-hydroxylation sites is 1. The van der Waals surface area contributed by atoms with Crippen molar-refractivity contribution in [2.24, 2.45) is 0 Å². The van der Waals surface area contributed by atoms with Gasteiger partial charge in [0, 0.05) is 11.6 Å². The molecule has 2 aromatic carbocycles. The van der Waals surface area contributed by atoms with Gasteiger partial charge in [0.2, 0.25) is 0 Å². The molecule has 0 radical (unpaired) electrons. The van der Waals surface area contributed by atoms with Crippen molar-refractivity contribution in [1.82, 2.24) is 0 Å². The predicted molar refractivity (Wildman–Crippen MR) is 90.6 cm³/mol. The monoisotopic (exact) mass is 347 g/mol. The third-order valence-corrected chi connectivity index (χ3v) is 3.55. The molecule has 1 N–H and O–H groups in total. The van der Waals surface area contributed by atoms with Gasteiger partial charge in [-0.3, -0.25) is 10.1 Å². The highest BCUT2D eigenvalue weighted by Crippen LogP contribution is 2.34. The summed E-state index contributed by atoms with van der Waals surface area (Å²) in [5.74, 6) is -1.35. The molecule has 0 aromatic heterocycles. The Labute approximate surface area is 143 Å². The predicted octanol–water partition coefficient (Wildman–Crippen LogP) is 4.24. The Morgan fingerprint density at radius 1 is 1.17 bits per heavy atom. The SMILES string of the molecule is CCOC(=O)/C(=C(/O)c1ccccc1Cl)c1ccccc1[N+](=O)[O-]. The van der Waals surface area contributed by atoms with E-state index in [1.165, 1.54) is 36.4 Å². The second-order valence-electron chi connectivity index (χ2n) is 4.70. The maximum absolute atomic E-state index is 12.3. The van der Waals surface area contributed by atoms with Gasteiger partial charge >= 0.3 is 5.97 Å². The molecular weight excluding hydrogens is 334 g/mol. The van der Waals surface area contributed by atoms with E-state index in [2.05, 4.69) is 0 Å². The molecule has 0 bridgehead atoms. The molecule has 2 rings (SSSR count). The maximum atomic E-state index is 12.3. The first kappa shape index (κ1) is 17.5. The van der Waals surface area contributed by atoms with Gasteiger partial charge in [-0.05, 0) is 25.1 Å². The van der Waals surface area contributed by atoms with E-state index in [1.54, 1.807) is 19.1 Å². The number of carbonyl (C=O) groups is 1. The fourth-order valence-corrected chi connectivity index (χ4v) is 2.39. The number of esters is 1. The Balaban J connectivity index is 2.76. The van der Waals surface area contributed by atoms with Crippen LogP contribution in [0.4, 0.5) is 5.69 Å². The summed E-state index contributed by atoms with van der Waals surface area (Å²) in [4.78, 5) is 23.0. The van der Waals surface area contributed by atoms with Crippen molar-refractivity contribution in [3.05, 3.63) is 74.8 Å². The normalized spacial score (nSPS) is 11.6. The highest BCUT2D eigenvalue weighted by atomic mass is 35.5. The van der Waals surface area contributed by atoms with Gasteiger partial charge in [-0.15, -0.1) is 0 Å². The zero-order valence-electron chi connectivity index (χ0n) is 12.7. The van der Waals surface area contributed by atoms with Crippen LogP contribution in [0.5, 0.6) is 0 Å². The van der Waals surface area contributed by atoms with Gasteiger partial charge in [-0.2, -0.15) is 0 Å². The molecule has 0 fully saturated rings. The summed E-state index contributed by atoms with van der Waals surface area (Å²) in [5.41, 5.74) is -0.491. The Hall–Kier alpha value is -2.86. The fraction of sp³-hybridized carbons (Fsp3) is 0.118. The van der Waals surface area contributed by atoms with Crippen molar-refractivity contribution >= 4 is 34.6 Å². The molecule has 7 heteroatoms. The molecule has 124 valence electrons. The standard InChI is InChI=1S/C17H14ClNO5/c1-2-24-17(21)15(12-8-4-6-10-14(12)19(22)23)16(20)11-7-3-5-9-13(11)18/h3-10,20H,2H2,1H3/b16-15+. The lowest BCUT2D eigenvalue weighted by Crippen LogP contribution is -2.11. The Kier molecular flexibility index (Phi) is 5.55. The van der Waals surface area contributed by atoms with Crippen LogP contribution in [-0.2, 0) is 9.53 Å². The van der Waals surface area contributed by atoms with E-state index < -0.39 is 16.7 Å². The number of aliphatic hydroxyl groups is 1. The first-order valence-corrected chi connectivity index (χ1v) is 7.44. The van der Waals surface area contributed by atoms with Crippen molar-refractivity contribution in [2.45, 2.75) is 6.92 Å². The van der Waals surface area contributed by atoms with E-state index in [-0.39, 0.29) is 34.0 Å². The number of ether oxygens (including phenoxy) is 1. The third-order valence-electron chi connectivity index (χ3n) is 3.22. The fourth-order valence-electron chi connectivity index (χ4n) is 2.17. The molecule has 0 atom stereocenters. The minimum Gasteiger partial charge on any atom is -0.506 e. The summed E-state index contributed by atoms with van der Waals surface area (Å²) in [6.07, 6.45) is 0. The van der Waals surface area contributed by atoms with Gasteiger partial charge in [-0.1, -0.05) is 35.9 Å². The number of nitro groups is 1. The summed E-state index contributed by atoms with van der Waals surface area (Å²) in [6.45, 7) is 1.65. The number of hydrogen-bond donors (Lipinski definition) is 1. The highest BCUT2D eigenvalue weighted by molar-refractivity contribution is 6.33. The molecular formula is C17H14ClNO5. The van der Waals surface area contributed by atoms with E-state index in [4.69, 9.17) is 16.3 Å². The van der Waals surface area contributed by atoms with E-state index >= 15 is 0 Å². The minimum absolute atomic E-state index is 0.0432. The summed E-state index contributed by atoms with van der Waals surface area (Å²) in [6, 6.07) is 11.9. The van der Waals surface area contributed by atoms with E-state index in [0.29, 0.717) is 0 Å². The van der Waals surface area contributed by atoms with Crippen molar-refractivity contribution in [3.8, 4) is 0 Å². The van der Waals surface area contributed by atoms with Crippen LogP contribution in [0, 0.1) is 10.1 Å². The largest absolute Gasteiger partial charge is 0.506 e. The van der Waals surface area contributed by atoms with E-state index in [0.717, 1.165) is 0 Å². The van der Waals surface area contributed by atoms with Crippen LogP contribution in [0.1, 0.15) is 18.1 Å². The molecule has 0 heterocycles. The van der Waals surface area contributed by atoms with Gasteiger partial charge in [0.15, 0.2) is 0 Å². The minimum atomic E-state index is -0.871. The van der Waals surface area contributed by atoms with Crippen LogP contribution in [0.15, 0.2) is 48.5 Å². The topological polar surface area (TPSA) is 89.7 Å². The van der Waals surface area contributed by atoms with Gasteiger partial charge in [-0.25, -0.2) is 4.79 Å². The van der Waals surface area contributed by atoms with Crippen molar-refractivity contribution in [3.63, 3.8) is 0 Å². The molecule has 0 spiro atoms. The number of rotatable bonds is 5. The van der Waals surface area contributed by atoms with Crippen molar-refractivity contribution in [1.29, 1.82) is 0 Å². The summed E-state index contributed by atoms with van der Waals surface area (Å²) in [5, 5.41) is 22.0. The summed E-state index contributed by atoms with van der Waals surface area (Å²) < 4.78 is 4.95. The number of nitrogens with zero attached hydrogens (tertiary/aromatic N) is 1. The number of aliphatic hydroxyl groups excluding tert-OH is 1. The lowest BCUT2D eigenvalue weighted by molar-refractivity contribution is -0.385. The first-order valence-electron chi connectivity index (χ1n) is 7.06. The molecule has 0 saturated heterocycles. The zero-order valence-corrected chi connectivity index (χ0v) is 13.5. The number of hydrogen-bond acceptors (Lipinski definition) is 5. The van der Waals surface area contributed by atoms with Crippen LogP contribution in [0.25, 0.3) is 11.3 Å². The smallest absolute Gasteiger partial charge is 0.342 e. The van der Waals surface area contributed by atoms with Gasteiger partial charge in [0.25, 0.3) is 5.69 Å². The van der Waals surface area contributed by atoms with Gasteiger partial charge < -0.3 is 9.84 Å². The molecule has 6 nitrogen and oxygen atoms in total. The average Bonchev–Trinajstić information content (AvgIpc) is 2.56. The van der Waals surface area contributed by atoms with Crippen LogP contribution < -0.4 is 0 Å². The molecule has 0 unspecified atom stereocenters. The molecule has 0 saturated carbocycles. The summed E-state index contributed by atoms with van der Waals surface area (Å²) >= 11 is 6.05. The van der Waals surface area contributed by atoms with Crippen LogP contribution >= 0.6 is 11.6 Å². The quantitative estimate of drug-likeness (QED) is 0.218. The Morgan fingerprint density at radius 3 is 2.33 bits per heavy atom. The third kappa shape index (κ3) is 3.55. The Morgan fingerprint density at radius 2 is 1.75 bits per heavy atom. The molecule has 24 heavy (non-hydrogen) atoms. The van der Waals surface area contributed by atoms with Crippen LogP contribution in [0.3, 0.4) is 0 Å². The second-order valence-corrected chi connectivity index (χ2v) is 5.11. The zero-order chi connectivity index (χ0) is 17.7.